The molecule has 0 atom stereocenters. The Bertz CT molecular complexity index is 1070. The van der Waals surface area contributed by atoms with Gasteiger partial charge >= 0.3 is 0 Å². The molecule has 0 unspecified atom stereocenters. The Balaban J connectivity index is 1.62. The molecular formula is C27H28ClN3O. The number of hydrogen-bond acceptors (Lipinski definition) is 3. The largest absolute Gasteiger partial charge is 0.368 e. The van der Waals surface area contributed by atoms with Gasteiger partial charge in [0.25, 0.3) is 5.91 Å². The molecule has 0 radical (unpaired) electrons. The summed E-state index contributed by atoms with van der Waals surface area (Å²) in [4.78, 5) is 18.0. The highest BCUT2D eigenvalue weighted by molar-refractivity contribution is 6.30. The molecule has 3 aromatic rings. The molecule has 1 saturated heterocycles. The smallest absolute Gasteiger partial charge is 0.252 e. The highest BCUT2D eigenvalue weighted by Gasteiger charge is 2.18. The summed E-state index contributed by atoms with van der Waals surface area (Å²) >= 11 is 5.98. The van der Waals surface area contributed by atoms with Crippen LogP contribution in [0.25, 0.3) is 11.6 Å². The molecule has 0 aliphatic carbocycles. The third-order valence-electron chi connectivity index (χ3n) is 5.78. The van der Waals surface area contributed by atoms with Gasteiger partial charge in [-0.05, 0) is 48.0 Å². The Hall–Kier alpha value is -3.08. The summed E-state index contributed by atoms with van der Waals surface area (Å²) in [6, 6.07) is 25.7. The van der Waals surface area contributed by atoms with E-state index in [0.717, 1.165) is 42.9 Å². The molecule has 1 N–H and O–H groups in total. The molecule has 1 amide bonds. The minimum absolute atomic E-state index is 0.0978. The predicted molar refractivity (Wildman–Crippen MR) is 134 cm³/mol. The van der Waals surface area contributed by atoms with Crippen LogP contribution in [0.4, 0.5) is 5.69 Å². The van der Waals surface area contributed by atoms with Gasteiger partial charge in [-0.1, -0.05) is 72.3 Å². The number of para-hydroxylation sites is 1. The summed E-state index contributed by atoms with van der Waals surface area (Å²) in [6.07, 6.45) is 2.01. The van der Waals surface area contributed by atoms with Crippen LogP contribution >= 0.6 is 11.6 Å². The predicted octanol–water partition coefficient (Wildman–Crippen LogP) is 4.95. The van der Waals surface area contributed by atoms with Gasteiger partial charge in [0.15, 0.2) is 0 Å². The lowest BCUT2D eigenvalue weighted by Crippen LogP contribution is -2.44. The Morgan fingerprint density at radius 1 is 0.906 bits per heavy atom. The number of nitrogens with zero attached hydrogens (tertiary/aromatic N) is 2. The van der Waals surface area contributed by atoms with Crippen LogP contribution in [0.2, 0.25) is 5.02 Å². The van der Waals surface area contributed by atoms with Gasteiger partial charge in [0.2, 0.25) is 0 Å². The Labute approximate surface area is 195 Å². The van der Waals surface area contributed by atoms with Gasteiger partial charge in [-0.15, -0.1) is 0 Å². The van der Waals surface area contributed by atoms with Crippen molar-refractivity contribution < 1.29 is 4.79 Å². The lowest BCUT2D eigenvalue weighted by molar-refractivity contribution is -0.115. The first-order chi connectivity index (χ1) is 15.6. The summed E-state index contributed by atoms with van der Waals surface area (Å²) < 4.78 is 0. The van der Waals surface area contributed by atoms with Gasteiger partial charge in [0.1, 0.15) is 0 Å². The molecule has 1 heterocycles. The van der Waals surface area contributed by atoms with Crippen molar-refractivity contribution in [2.24, 2.45) is 0 Å². The maximum absolute atomic E-state index is 13.3. The summed E-state index contributed by atoms with van der Waals surface area (Å²) in [6.45, 7) is 4.46. The second-order valence-corrected chi connectivity index (χ2v) is 8.52. The summed E-state index contributed by atoms with van der Waals surface area (Å²) in [5.74, 6) is -0.0978. The van der Waals surface area contributed by atoms with E-state index in [-0.39, 0.29) is 5.91 Å². The number of carbonyl (C=O) groups is 1. The van der Waals surface area contributed by atoms with E-state index in [1.165, 1.54) is 5.69 Å². The molecule has 1 aliphatic rings. The molecule has 164 valence electrons. The first-order valence-corrected chi connectivity index (χ1v) is 11.3. The van der Waals surface area contributed by atoms with E-state index in [1.54, 1.807) is 0 Å². The van der Waals surface area contributed by atoms with E-state index in [2.05, 4.69) is 40.4 Å². The molecule has 0 saturated carbocycles. The standard InChI is InChI=1S/C27H28ClN3O/c1-30-15-17-31(18-16-30)26-10-6-5-9-23(26)19-25(22-7-3-2-4-8-22)27(32)29-20-21-11-13-24(28)14-12-21/h2-14,19H,15-18,20H2,1H3,(H,29,32)/b25-19+. The van der Waals surface area contributed by atoms with Crippen molar-refractivity contribution >= 4 is 34.8 Å². The van der Waals surface area contributed by atoms with Gasteiger partial charge in [-0.3, -0.25) is 4.79 Å². The van der Waals surface area contributed by atoms with Crippen LogP contribution in [0.5, 0.6) is 0 Å². The molecule has 32 heavy (non-hydrogen) atoms. The number of nitrogens with one attached hydrogen (secondary N) is 1. The molecule has 0 bridgehead atoms. The maximum atomic E-state index is 13.3. The lowest BCUT2D eigenvalue weighted by atomic mass is 10.0. The second-order valence-electron chi connectivity index (χ2n) is 8.08. The van der Waals surface area contributed by atoms with Crippen molar-refractivity contribution in [3.63, 3.8) is 0 Å². The monoisotopic (exact) mass is 445 g/mol. The number of piperazine rings is 1. The van der Waals surface area contributed by atoms with Gasteiger partial charge in [-0.2, -0.15) is 0 Å². The number of carbonyl (C=O) groups excluding carboxylic acids is 1. The zero-order valence-electron chi connectivity index (χ0n) is 18.3. The Morgan fingerprint density at radius 3 is 2.28 bits per heavy atom. The quantitative estimate of drug-likeness (QED) is 0.430. The number of anilines is 1. The summed E-state index contributed by atoms with van der Waals surface area (Å²) in [5.41, 5.74) is 4.78. The number of likely N-dealkylation sites (N-methyl/N-ethyl adjacent to an activating group) is 1. The van der Waals surface area contributed by atoms with Crippen LogP contribution in [-0.4, -0.2) is 44.0 Å². The fraction of sp³-hybridized carbons (Fsp3) is 0.222. The van der Waals surface area contributed by atoms with Crippen molar-refractivity contribution in [3.05, 3.63) is 101 Å². The normalized spacial score (nSPS) is 14.9. The van der Waals surface area contributed by atoms with E-state index in [0.29, 0.717) is 17.1 Å². The van der Waals surface area contributed by atoms with Crippen molar-refractivity contribution in [1.29, 1.82) is 0 Å². The Morgan fingerprint density at radius 2 is 1.56 bits per heavy atom. The van der Waals surface area contributed by atoms with Crippen LogP contribution in [0.1, 0.15) is 16.7 Å². The molecule has 4 nitrogen and oxygen atoms in total. The SMILES string of the molecule is CN1CCN(c2ccccc2/C=C(/C(=O)NCc2ccc(Cl)cc2)c2ccccc2)CC1. The minimum atomic E-state index is -0.0978. The molecule has 3 aromatic carbocycles. The second kappa shape index (κ2) is 10.5. The van der Waals surface area contributed by atoms with Crippen molar-refractivity contribution in [1.82, 2.24) is 10.2 Å². The van der Waals surface area contributed by atoms with Crippen molar-refractivity contribution in [2.45, 2.75) is 6.54 Å². The van der Waals surface area contributed by atoms with E-state index in [4.69, 9.17) is 11.6 Å². The number of halogens is 1. The average Bonchev–Trinajstić information content (AvgIpc) is 2.83. The van der Waals surface area contributed by atoms with Gasteiger partial charge in [0.05, 0.1) is 0 Å². The highest BCUT2D eigenvalue weighted by atomic mass is 35.5. The third kappa shape index (κ3) is 5.58. The van der Waals surface area contributed by atoms with Crippen LogP contribution in [0.3, 0.4) is 0 Å². The molecule has 1 aliphatic heterocycles. The van der Waals surface area contributed by atoms with Crippen molar-refractivity contribution in [2.75, 3.05) is 38.1 Å². The fourth-order valence-corrected chi connectivity index (χ4v) is 4.00. The number of hydrogen-bond donors (Lipinski definition) is 1. The molecular weight excluding hydrogens is 418 g/mol. The molecule has 1 fully saturated rings. The highest BCUT2D eigenvalue weighted by Crippen LogP contribution is 2.27. The zero-order chi connectivity index (χ0) is 22.3. The third-order valence-corrected chi connectivity index (χ3v) is 6.03. The fourth-order valence-electron chi connectivity index (χ4n) is 3.88. The maximum Gasteiger partial charge on any atom is 0.252 e. The topological polar surface area (TPSA) is 35.6 Å². The number of rotatable bonds is 6. The van der Waals surface area contributed by atoms with Crippen molar-refractivity contribution in [3.8, 4) is 0 Å². The van der Waals surface area contributed by atoms with Crippen LogP contribution in [0, 0.1) is 0 Å². The molecule has 4 rings (SSSR count). The lowest BCUT2D eigenvalue weighted by Gasteiger charge is -2.35. The molecule has 0 aromatic heterocycles. The average molecular weight is 446 g/mol. The molecule has 0 spiro atoms. The van der Waals surface area contributed by atoms with Crippen LogP contribution < -0.4 is 10.2 Å². The zero-order valence-corrected chi connectivity index (χ0v) is 19.1. The van der Waals surface area contributed by atoms with E-state index < -0.39 is 0 Å². The van der Waals surface area contributed by atoms with E-state index in [9.17, 15) is 4.79 Å². The van der Waals surface area contributed by atoms with Gasteiger partial charge < -0.3 is 15.1 Å². The number of amides is 1. The van der Waals surface area contributed by atoms with Crippen LogP contribution in [0.15, 0.2) is 78.9 Å². The number of benzene rings is 3. The van der Waals surface area contributed by atoms with Gasteiger partial charge in [-0.25, -0.2) is 0 Å². The first-order valence-electron chi connectivity index (χ1n) is 10.9. The minimum Gasteiger partial charge on any atom is -0.368 e. The van der Waals surface area contributed by atoms with E-state index in [1.807, 2.05) is 66.7 Å². The Kier molecular flexibility index (Phi) is 7.25. The van der Waals surface area contributed by atoms with Crippen LogP contribution in [-0.2, 0) is 11.3 Å². The van der Waals surface area contributed by atoms with Gasteiger partial charge in [0, 0.05) is 49.0 Å². The van der Waals surface area contributed by atoms with E-state index >= 15 is 0 Å². The molecule has 5 heteroatoms. The summed E-state index contributed by atoms with van der Waals surface area (Å²) in [7, 11) is 2.15. The summed E-state index contributed by atoms with van der Waals surface area (Å²) in [5, 5.41) is 3.76. The first kappa shape index (κ1) is 22.1.